The van der Waals surface area contributed by atoms with Crippen LogP contribution in [0.3, 0.4) is 0 Å². The van der Waals surface area contributed by atoms with E-state index in [9.17, 15) is 4.79 Å². The molecule has 0 spiro atoms. The first kappa shape index (κ1) is 12.8. The lowest BCUT2D eigenvalue weighted by molar-refractivity contribution is -0.121. The Hall–Kier alpha value is -1.29. The third-order valence-corrected chi connectivity index (χ3v) is 2.28. The van der Waals surface area contributed by atoms with Gasteiger partial charge in [0.2, 0.25) is 5.91 Å². The topological polar surface area (TPSA) is 62.5 Å². The van der Waals surface area contributed by atoms with Crippen LogP contribution in [0.25, 0.3) is 0 Å². The number of aryl methyl sites for hydroxylation is 2. The van der Waals surface area contributed by atoms with Crippen LogP contribution in [0.5, 0.6) is 0 Å². The van der Waals surface area contributed by atoms with E-state index in [1.54, 1.807) is 6.92 Å². The van der Waals surface area contributed by atoms with Gasteiger partial charge in [0.05, 0.1) is 6.10 Å². The van der Waals surface area contributed by atoms with Crippen molar-refractivity contribution in [3.8, 4) is 0 Å². The summed E-state index contributed by atoms with van der Waals surface area (Å²) < 4.78 is 5.36. The fourth-order valence-corrected chi connectivity index (χ4v) is 1.37. The van der Waals surface area contributed by atoms with Crippen LogP contribution in [-0.2, 0) is 11.2 Å². The molecule has 0 saturated heterocycles. The molecule has 0 aliphatic heterocycles. The number of furan rings is 1. The van der Waals surface area contributed by atoms with Gasteiger partial charge in [-0.05, 0) is 32.4 Å². The van der Waals surface area contributed by atoms with Crippen LogP contribution >= 0.6 is 0 Å². The fraction of sp³-hybridized carbons (Fsp3) is 0.583. The molecule has 1 aromatic rings. The Morgan fingerprint density at radius 2 is 2.31 bits per heavy atom. The summed E-state index contributed by atoms with van der Waals surface area (Å²) in [7, 11) is 0. The van der Waals surface area contributed by atoms with Gasteiger partial charge in [0, 0.05) is 19.4 Å². The van der Waals surface area contributed by atoms with Crippen LogP contribution < -0.4 is 5.32 Å². The molecule has 0 aliphatic rings. The SMILES string of the molecule is Cc1ccc(CCC(=O)NCCC(C)O)o1. The number of aliphatic hydroxyl groups is 1. The Bertz CT molecular complexity index is 331. The number of hydrogen-bond donors (Lipinski definition) is 2. The van der Waals surface area contributed by atoms with Gasteiger partial charge in [0.1, 0.15) is 11.5 Å². The summed E-state index contributed by atoms with van der Waals surface area (Å²) >= 11 is 0. The number of rotatable bonds is 6. The van der Waals surface area contributed by atoms with Gasteiger partial charge in [-0.3, -0.25) is 4.79 Å². The maximum absolute atomic E-state index is 11.4. The predicted octanol–water partition coefficient (Wildman–Crippen LogP) is 1.41. The molecular weight excluding hydrogens is 206 g/mol. The van der Waals surface area contributed by atoms with E-state index in [4.69, 9.17) is 9.52 Å². The molecule has 16 heavy (non-hydrogen) atoms. The number of carbonyl (C=O) groups excluding carboxylic acids is 1. The Labute approximate surface area is 95.7 Å². The van der Waals surface area contributed by atoms with E-state index < -0.39 is 0 Å². The molecule has 1 amide bonds. The van der Waals surface area contributed by atoms with Crippen molar-refractivity contribution >= 4 is 5.91 Å². The summed E-state index contributed by atoms with van der Waals surface area (Å²) in [5.74, 6) is 1.70. The van der Waals surface area contributed by atoms with Crippen molar-refractivity contribution in [1.82, 2.24) is 5.32 Å². The number of carbonyl (C=O) groups is 1. The maximum atomic E-state index is 11.4. The van der Waals surface area contributed by atoms with E-state index >= 15 is 0 Å². The van der Waals surface area contributed by atoms with Gasteiger partial charge in [-0.1, -0.05) is 0 Å². The molecular formula is C12H19NO3. The van der Waals surface area contributed by atoms with E-state index in [0.717, 1.165) is 11.5 Å². The summed E-state index contributed by atoms with van der Waals surface area (Å²) in [6, 6.07) is 3.78. The highest BCUT2D eigenvalue weighted by Crippen LogP contribution is 2.08. The van der Waals surface area contributed by atoms with Crippen LogP contribution in [0, 0.1) is 6.92 Å². The molecule has 0 aliphatic carbocycles. The highest BCUT2D eigenvalue weighted by Gasteiger charge is 2.05. The molecule has 4 heteroatoms. The first-order valence-corrected chi connectivity index (χ1v) is 5.58. The summed E-state index contributed by atoms with van der Waals surface area (Å²) in [4.78, 5) is 11.4. The highest BCUT2D eigenvalue weighted by atomic mass is 16.3. The van der Waals surface area contributed by atoms with Crippen molar-refractivity contribution in [3.63, 3.8) is 0 Å². The minimum absolute atomic E-state index is 0.00490. The zero-order valence-corrected chi connectivity index (χ0v) is 9.82. The zero-order chi connectivity index (χ0) is 12.0. The van der Waals surface area contributed by atoms with Crippen LogP contribution in [0.4, 0.5) is 0 Å². The number of amides is 1. The smallest absolute Gasteiger partial charge is 0.220 e. The number of nitrogens with one attached hydrogen (secondary N) is 1. The van der Waals surface area contributed by atoms with Crippen LogP contribution in [0.2, 0.25) is 0 Å². The molecule has 1 heterocycles. The van der Waals surface area contributed by atoms with Gasteiger partial charge < -0.3 is 14.8 Å². The van der Waals surface area contributed by atoms with E-state index in [0.29, 0.717) is 25.8 Å². The van der Waals surface area contributed by atoms with Crippen molar-refractivity contribution < 1.29 is 14.3 Å². The van der Waals surface area contributed by atoms with Gasteiger partial charge >= 0.3 is 0 Å². The monoisotopic (exact) mass is 225 g/mol. The average molecular weight is 225 g/mol. The lowest BCUT2D eigenvalue weighted by Gasteiger charge is -2.05. The summed E-state index contributed by atoms with van der Waals surface area (Å²) in [6.45, 7) is 4.11. The molecule has 0 radical (unpaired) electrons. The molecule has 1 unspecified atom stereocenters. The second kappa shape index (κ2) is 6.33. The third-order valence-electron chi connectivity index (χ3n) is 2.28. The minimum Gasteiger partial charge on any atom is -0.466 e. The lowest BCUT2D eigenvalue weighted by Crippen LogP contribution is -2.26. The summed E-state index contributed by atoms with van der Waals surface area (Å²) in [5, 5.41) is 11.8. The van der Waals surface area contributed by atoms with E-state index in [2.05, 4.69) is 5.32 Å². The molecule has 90 valence electrons. The molecule has 0 bridgehead atoms. The molecule has 4 nitrogen and oxygen atoms in total. The molecule has 0 saturated carbocycles. The second-order valence-corrected chi connectivity index (χ2v) is 4.00. The molecule has 1 aromatic heterocycles. The second-order valence-electron chi connectivity index (χ2n) is 4.00. The number of aliphatic hydroxyl groups excluding tert-OH is 1. The van der Waals surface area contributed by atoms with Crippen molar-refractivity contribution in [2.24, 2.45) is 0 Å². The largest absolute Gasteiger partial charge is 0.466 e. The lowest BCUT2D eigenvalue weighted by atomic mass is 10.2. The third kappa shape index (κ3) is 4.98. The molecule has 0 aromatic carbocycles. The fourth-order valence-electron chi connectivity index (χ4n) is 1.37. The maximum Gasteiger partial charge on any atom is 0.220 e. The highest BCUT2D eigenvalue weighted by molar-refractivity contribution is 5.76. The first-order chi connectivity index (χ1) is 7.58. The Morgan fingerprint density at radius 3 is 2.88 bits per heavy atom. The first-order valence-electron chi connectivity index (χ1n) is 5.58. The van der Waals surface area contributed by atoms with Gasteiger partial charge in [-0.2, -0.15) is 0 Å². The number of hydrogen-bond acceptors (Lipinski definition) is 3. The average Bonchev–Trinajstić information content (AvgIpc) is 2.61. The van der Waals surface area contributed by atoms with Gasteiger partial charge in [0.25, 0.3) is 0 Å². The summed E-state index contributed by atoms with van der Waals surface area (Å²) in [5.41, 5.74) is 0. The van der Waals surface area contributed by atoms with Crippen molar-refractivity contribution in [2.75, 3.05) is 6.54 Å². The zero-order valence-electron chi connectivity index (χ0n) is 9.82. The predicted molar refractivity (Wildman–Crippen MR) is 61.1 cm³/mol. The van der Waals surface area contributed by atoms with Gasteiger partial charge in [-0.15, -0.1) is 0 Å². The molecule has 2 N–H and O–H groups in total. The Kier molecular flexibility index (Phi) is 5.05. The van der Waals surface area contributed by atoms with E-state index in [1.807, 2.05) is 19.1 Å². The van der Waals surface area contributed by atoms with Gasteiger partial charge in [0.15, 0.2) is 0 Å². The Morgan fingerprint density at radius 1 is 1.56 bits per heavy atom. The quantitative estimate of drug-likeness (QED) is 0.769. The Balaban J connectivity index is 2.15. The van der Waals surface area contributed by atoms with Crippen LogP contribution in [-0.4, -0.2) is 23.7 Å². The normalized spacial score (nSPS) is 12.4. The molecule has 1 atom stereocenters. The molecule has 0 fully saturated rings. The minimum atomic E-state index is -0.368. The van der Waals surface area contributed by atoms with Gasteiger partial charge in [-0.25, -0.2) is 0 Å². The van der Waals surface area contributed by atoms with Crippen molar-refractivity contribution in [3.05, 3.63) is 23.7 Å². The van der Waals surface area contributed by atoms with Crippen molar-refractivity contribution in [2.45, 2.75) is 39.2 Å². The standard InChI is InChI=1S/C12H19NO3/c1-9(14)7-8-13-12(15)6-5-11-4-3-10(2)16-11/h3-4,9,14H,5-8H2,1-2H3,(H,13,15). The molecule has 1 rings (SSSR count). The van der Waals surface area contributed by atoms with Crippen LogP contribution in [0.15, 0.2) is 16.5 Å². The van der Waals surface area contributed by atoms with Crippen molar-refractivity contribution in [1.29, 1.82) is 0 Å². The van der Waals surface area contributed by atoms with E-state index in [-0.39, 0.29) is 12.0 Å². The van der Waals surface area contributed by atoms with E-state index in [1.165, 1.54) is 0 Å². The summed E-state index contributed by atoms with van der Waals surface area (Å²) in [6.07, 6.45) is 1.26. The van der Waals surface area contributed by atoms with Crippen LogP contribution in [0.1, 0.15) is 31.3 Å².